The fourth-order valence-electron chi connectivity index (χ4n) is 1.08. The summed E-state index contributed by atoms with van der Waals surface area (Å²) in [6.45, 7) is 0. The molecule has 2 N–H and O–H groups in total. The minimum atomic E-state index is 0.528. The van der Waals surface area contributed by atoms with Crippen molar-refractivity contribution in [2.75, 3.05) is 12.8 Å². The fraction of sp³-hybridized carbons (Fsp3) is 0.100. The van der Waals surface area contributed by atoms with Crippen LogP contribution in [0.5, 0.6) is 16.7 Å². The largest absolute Gasteiger partial charge is 0.497 e. The molecule has 1 aromatic carbocycles. The van der Waals surface area contributed by atoms with Crippen LogP contribution >= 0.6 is 11.3 Å². The number of thiazole rings is 1. The molecule has 1 aromatic heterocycles. The molecule has 15 heavy (non-hydrogen) atoms. The number of nitrogen functional groups attached to an aromatic ring is 1. The second-order valence-electron chi connectivity index (χ2n) is 2.81. The maximum absolute atomic E-state index is 5.54. The van der Waals surface area contributed by atoms with E-state index in [0.717, 1.165) is 5.75 Å². The van der Waals surface area contributed by atoms with E-state index in [0.29, 0.717) is 15.9 Å². The third-order valence-electron chi connectivity index (χ3n) is 1.75. The predicted octanol–water partition coefficient (Wildman–Crippen LogP) is 2.53. The molecule has 0 aliphatic carbocycles. The fourth-order valence-corrected chi connectivity index (χ4v) is 1.63. The van der Waals surface area contributed by atoms with Gasteiger partial charge in [-0.25, -0.2) is 4.98 Å². The Bertz CT molecular complexity index is 456. The van der Waals surface area contributed by atoms with Gasteiger partial charge < -0.3 is 15.2 Å². The number of rotatable bonds is 3. The Hall–Kier alpha value is -1.75. The van der Waals surface area contributed by atoms with Crippen LogP contribution in [0.1, 0.15) is 0 Å². The monoisotopic (exact) mass is 222 g/mol. The van der Waals surface area contributed by atoms with E-state index in [2.05, 4.69) is 4.98 Å². The topological polar surface area (TPSA) is 57.4 Å². The van der Waals surface area contributed by atoms with Gasteiger partial charge in [0.25, 0.3) is 5.19 Å². The average Bonchev–Trinajstić information content (AvgIpc) is 2.64. The van der Waals surface area contributed by atoms with E-state index >= 15 is 0 Å². The molecule has 4 nitrogen and oxygen atoms in total. The summed E-state index contributed by atoms with van der Waals surface area (Å²) in [4.78, 5) is 4.00. The summed E-state index contributed by atoms with van der Waals surface area (Å²) in [6, 6.07) is 7.33. The normalized spacial score (nSPS) is 9.93. The highest BCUT2D eigenvalue weighted by molar-refractivity contribution is 7.17. The van der Waals surface area contributed by atoms with Crippen molar-refractivity contribution < 1.29 is 9.47 Å². The summed E-state index contributed by atoms with van der Waals surface area (Å²) in [5.74, 6) is 1.43. The quantitative estimate of drug-likeness (QED) is 0.867. The molecule has 0 unspecified atom stereocenters. The van der Waals surface area contributed by atoms with Gasteiger partial charge in [-0.1, -0.05) is 17.4 Å². The number of aromatic nitrogens is 1. The molecule has 0 saturated carbocycles. The van der Waals surface area contributed by atoms with E-state index in [9.17, 15) is 0 Å². The number of anilines is 1. The number of ether oxygens (including phenoxy) is 2. The number of nitrogens with two attached hydrogens (primary N) is 1. The average molecular weight is 222 g/mol. The smallest absolute Gasteiger partial charge is 0.280 e. The Kier molecular flexibility index (Phi) is 2.73. The highest BCUT2D eigenvalue weighted by Gasteiger charge is 2.02. The van der Waals surface area contributed by atoms with Crippen LogP contribution in [0, 0.1) is 0 Å². The van der Waals surface area contributed by atoms with Crippen LogP contribution in [-0.2, 0) is 0 Å². The van der Waals surface area contributed by atoms with Gasteiger partial charge in [-0.05, 0) is 12.1 Å². The van der Waals surface area contributed by atoms with Crippen LogP contribution in [-0.4, -0.2) is 12.1 Å². The van der Waals surface area contributed by atoms with Crippen LogP contribution in [0.25, 0.3) is 0 Å². The number of hydrogen-bond donors (Lipinski definition) is 1. The molecule has 0 amide bonds. The van der Waals surface area contributed by atoms with Gasteiger partial charge in [0.1, 0.15) is 16.5 Å². The standard InChI is InChI=1S/C10H10N2O2S/c1-13-7-3-2-4-8(5-7)14-10-12-6-9(11)15-10/h2-6H,11H2,1H3. The Balaban J connectivity index is 2.16. The summed E-state index contributed by atoms with van der Waals surface area (Å²) in [7, 11) is 1.61. The van der Waals surface area contributed by atoms with E-state index in [1.165, 1.54) is 11.3 Å². The molecule has 5 heteroatoms. The lowest BCUT2D eigenvalue weighted by molar-refractivity contribution is 0.409. The maximum atomic E-state index is 5.54. The Morgan fingerprint density at radius 2 is 2.13 bits per heavy atom. The zero-order valence-electron chi connectivity index (χ0n) is 8.14. The van der Waals surface area contributed by atoms with Gasteiger partial charge in [-0.15, -0.1) is 0 Å². The van der Waals surface area contributed by atoms with E-state index in [4.69, 9.17) is 15.2 Å². The van der Waals surface area contributed by atoms with Gasteiger partial charge in [0, 0.05) is 6.07 Å². The number of methoxy groups -OCH3 is 1. The van der Waals surface area contributed by atoms with Crippen molar-refractivity contribution in [1.29, 1.82) is 0 Å². The first kappa shape index (κ1) is 9.79. The molecule has 1 heterocycles. The molecule has 78 valence electrons. The second kappa shape index (κ2) is 4.18. The minimum absolute atomic E-state index is 0.528. The molecule has 0 aliphatic rings. The van der Waals surface area contributed by atoms with Gasteiger partial charge in [0.2, 0.25) is 0 Å². The van der Waals surface area contributed by atoms with Crippen molar-refractivity contribution in [1.82, 2.24) is 4.98 Å². The Morgan fingerprint density at radius 3 is 2.80 bits per heavy atom. The summed E-state index contributed by atoms with van der Waals surface area (Å²) < 4.78 is 10.6. The van der Waals surface area contributed by atoms with E-state index < -0.39 is 0 Å². The third-order valence-corrected chi connectivity index (χ3v) is 2.45. The summed E-state index contributed by atoms with van der Waals surface area (Å²) in [5, 5.41) is 1.16. The first-order chi connectivity index (χ1) is 7.28. The molecule has 2 rings (SSSR count). The second-order valence-corrected chi connectivity index (χ2v) is 3.83. The lowest BCUT2D eigenvalue weighted by Crippen LogP contribution is -1.85. The highest BCUT2D eigenvalue weighted by atomic mass is 32.1. The number of nitrogens with zero attached hydrogens (tertiary/aromatic N) is 1. The van der Waals surface area contributed by atoms with E-state index in [1.54, 1.807) is 19.4 Å². The van der Waals surface area contributed by atoms with Crippen LogP contribution in [0.15, 0.2) is 30.5 Å². The number of hydrogen-bond acceptors (Lipinski definition) is 5. The molecule has 0 radical (unpaired) electrons. The minimum Gasteiger partial charge on any atom is -0.497 e. The molecule has 0 fully saturated rings. The number of benzene rings is 1. The molecule has 0 saturated heterocycles. The summed E-state index contributed by atoms with van der Waals surface area (Å²) in [6.07, 6.45) is 1.57. The van der Waals surface area contributed by atoms with Crippen molar-refractivity contribution in [3.63, 3.8) is 0 Å². The molecular formula is C10H10N2O2S. The van der Waals surface area contributed by atoms with E-state index in [-0.39, 0.29) is 0 Å². The molecular weight excluding hydrogens is 212 g/mol. The van der Waals surface area contributed by atoms with Crippen LogP contribution < -0.4 is 15.2 Å². The van der Waals surface area contributed by atoms with Gasteiger partial charge in [0.15, 0.2) is 0 Å². The Labute approximate surface area is 91.3 Å². The first-order valence-electron chi connectivity index (χ1n) is 4.31. The van der Waals surface area contributed by atoms with Crippen molar-refractivity contribution >= 4 is 16.3 Å². The lowest BCUT2D eigenvalue weighted by Gasteiger charge is -2.03. The molecule has 0 spiro atoms. The van der Waals surface area contributed by atoms with Crippen LogP contribution in [0.4, 0.5) is 5.00 Å². The zero-order valence-corrected chi connectivity index (χ0v) is 8.95. The van der Waals surface area contributed by atoms with Gasteiger partial charge >= 0.3 is 0 Å². The van der Waals surface area contributed by atoms with Gasteiger partial charge in [-0.2, -0.15) is 0 Å². The zero-order chi connectivity index (χ0) is 10.7. The predicted molar refractivity (Wildman–Crippen MR) is 59.6 cm³/mol. The van der Waals surface area contributed by atoms with Gasteiger partial charge in [0.05, 0.1) is 13.3 Å². The van der Waals surface area contributed by atoms with Crippen molar-refractivity contribution in [3.8, 4) is 16.7 Å². The van der Waals surface area contributed by atoms with Crippen molar-refractivity contribution in [2.24, 2.45) is 0 Å². The van der Waals surface area contributed by atoms with E-state index in [1.807, 2.05) is 18.2 Å². The molecule has 0 atom stereocenters. The highest BCUT2D eigenvalue weighted by Crippen LogP contribution is 2.29. The van der Waals surface area contributed by atoms with Crippen molar-refractivity contribution in [3.05, 3.63) is 30.5 Å². The Morgan fingerprint density at radius 1 is 1.33 bits per heavy atom. The summed E-state index contributed by atoms with van der Waals surface area (Å²) in [5.41, 5.74) is 5.54. The molecule has 2 aromatic rings. The first-order valence-corrected chi connectivity index (χ1v) is 5.13. The molecule has 0 bridgehead atoms. The van der Waals surface area contributed by atoms with Gasteiger partial charge in [-0.3, -0.25) is 0 Å². The molecule has 0 aliphatic heterocycles. The third kappa shape index (κ3) is 2.38. The summed E-state index contributed by atoms with van der Waals surface area (Å²) >= 11 is 1.30. The lowest BCUT2D eigenvalue weighted by atomic mass is 10.3. The van der Waals surface area contributed by atoms with Crippen LogP contribution in [0.3, 0.4) is 0 Å². The van der Waals surface area contributed by atoms with Crippen molar-refractivity contribution in [2.45, 2.75) is 0 Å². The van der Waals surface area contributed by atoms with Crippen LogP contribution in [0.2, 0.25) is 0 Å². The SMILES string of the molecule is COc1cccc(Oc2ncc(N)s2)c1. The maximum Gasteiger partial charge on any atom is 0.280 e.